The summed E-state index contributed by atoms with van der Waals surface area (Å²) in [7, 11) is 0. The summed E-state index contributed by atoms with van der Waals surface area (Å²) < 4.78 is 0. The predicted octanol–water partition coefficient (Wildman–Crippen LogP) is 0.00230. The molecule has 3 nitrogen and oxygen atoms in total. The van der Waals surface area contributed by atoms with Crippen LogP contribution in [0.5, 0.6) is 0 Å². The molecule has 0 radical (unpaired) electrons. The van der Waals surface area contributed by atoms with Crippen LogP contribution in [0.3, 0.4) is 0 Å². The Morgan fingerprint density at radius 1 is 1.45 bits per heavy atom. The molecule has 1 heterocycles. The first kappa shape index (κ1) is 7.10. The summed E-state index contributed by atoms with van der Waals surface area (Å²) in [6.07, 6.45) is 4.13. The first-order chi connectivity index (χ1) is 5.27. The molecule has 1 saturated heterocycles. The number of hydrogen-bond acceptors (Lipinski definition) is 2. The van der Waals surface area contributed by atoms with Crippen LogP contribution in [-0.4, -0.2) is 18.0 Å². The Kier molecular flexibility index (Phi) is 1.60. The molecule has 2 unspecified atom stereocenters. The van der Waals surface area contributed by atoms with Gasteiger partial charge in [0.1, 0.15) is 0 Å². The summed E-state index contributed by atoms with van der Waals surface area (Å²) in [5.41, 5.74) is 5.93. The fraction of sp³-hybridized carbons (Fsp3) is 0.875. The number of carbonyl (C=O) groups is 1. The van der Waals surface area contributed by atoms with Crippen molar-refractivity contribution in [1.29, 1.82) is 0 Å². The highest BCUT2D eigenvalue weighted by atomic mass is 16.1. The molecule has 1 aliphatic heterocycles. The van der Waals surface area contributed by atoms with E-state index in [-0.39, 0.29) is 18.0 Å². The third-order valence-electron chi connectivity index (χ3n) is 2.66. The van der Waals surface area contributed by atoms with Crippen LogP contribution in [0.25, 0.3) is 0 Å². The minimum atomic E-state index is 0.172. The molecule has 3 heteroatoms. The van der Waals surface area contributed by atoms with E-state index in [1.165, 1.54) is 12.8 Å². The molecule has 62 valence electrons. The van der Waals surface area contributed by atoms with Gasteiger partial charge in [0, 0.05) is 18.5 Å². The smallest absolute Gasteiger partial charge is 0.220 e. The molecule has 2 rings (SSSR count). The second-order valence-electron chi connectivity index (χ2n) is 3.63. The second-order valence-corrected chi connectivity index (χ2v) is 3.63. The average Bonchev–Trinajstić information content (AvgIpc) is 2.74. The Bertz CT molecular complexity index is 177. The molecule has 2 fully saturated rings. The van der Waals surface area contributed by atoms with E-state index in [0.717, 1.165) is 6.42 Å². The zero-order chi connectivity index (χ0) is 7.84. The fourth-order valence-corrected chi connectivity index (χ4v) is 1.74. The van der Waals surface area contributed by atoms with Gasteiger partial charge < -0.3 is 11.1 Å². The van der Waals surface area contributed by atoms with Crippen molar-refractivity contribution in [2.24, 2.45) is 11.7 Å². The van der Waals surface area contributed by atoms with E-state index in [9.17, 15) is 4.79 Å². The van der Waals surface area contributed by atoms with Gasteiger partial charge in [-0.05, 0) is 25.2 Å². The van der Waals surface area contributed by atoms with Crippen molar-refractivity contribution in [1.82, 2.24) is 5.32 Å². The number of nitrogens with one attached hydrogen (secondary N) is 1. The van der Waals surface area contributed by atoms with Gasteiger partial charge in [-0.1, -0.05) is 0 Å². The number of nitrogens with two attached hydrogens (primary N) is 1. The van der Waals surface area contributed by atoms with Crippen molar-refractivity contribution in [3.63, 3.8) is 0 Å². The molecule has 0 spiro atoms. The molecule has 0 bridgehead atoms. The van der Waals surface area contributed by atoms with Gasteiger partial charge in [0.25, 0.3) is 0 Å². The average molecular weight is 154 g/mol. The Hall–Kier alpha value is -0.570. The zero-order valence-corrected chi connectivity index (χ0v) is 6.55. The highest BCUT2D eigenvalue weighted by molar-refractivity contribution is 5.78. The lowest BCUT2D eigenvalue weighted by Gasteiger charge is -2.17. The van der Waals surface area contributed by atoms with Crippen molar-refractivity contribution < 1.29 is 4.79 Å². The van der Waals surface area contributed by atoms with Gasteiger partial charge in [-0.25, -0.2) is 0 Å². The van der Waals surface area contributed by atoms with Crippen LogP contribution in [0.4, 0.5) is 0 Å². The van der Waals surface area contributed by atoms with Crippen LogP contribution in [-0.2, 0) is 4.79 Å². The Balaban J connectivity index is 1.89. The minimum absolute atomic E-state index is 0.172. The molecule has 2 atom stereocenters. The minimum Gasteiger partial charge on any atom is -0.352 e. The molecule has 0 aromatic heterocycles. The summed E-state index contributed by atoms with van der Waals surface area (Å²) in [5, 5.41) is 2.91. The van der Waals surface area contributed by atoms with Gasteiger partial charge in [0.15, 0.2) is 0 Å². The van der Waals surface area contributed by atoms with E-state index in [4.69, 9.17) is 5.73 Å². The highest BCUT2D eigenvalue weighted by Gasteiger charge is 2.36. The lowest BCUT2D eigenvalue weighted by molar-refractivity contribution is -0.119. The zero-order valence-electron chi connectivity index (χ0n) is 6.55. The maximum Gasteiger partial charge on any atom is 0.220 e. The summed E-state index contributed by atoms with van der Waals surface area (Å²) >= 11 is 0. The van der Waals surface area contributed by atoms with Crippen LogP contribution in [0.15, 0.2) is 0 Å². The van der Waals surface area contributed by atoms with Crippen molar-refractivity contribution in [2.75, 3.05) is 0 Å². The standard InChI is InChI=1S/C8H14N2O/c9-8(5-1-2-5)6-3-4-7(11)10-6/h5-6,8H,1-4,9H2,(H,10,11). The van der Waals surface area contributed by atoms with Crippen LogP contribution >= 0.6 is 0 Å². The molecule has 2 aliphatic rings. The van der Waals surface area contributed by atoms with E-state index >= 15 is 0 Å². The molecule has 11 heavy (non-hydrogen) atoms. The first-order valence-corrected chi connectivity index (χ1v) is 4.32. The molecule has 0 aromatic carbocycles. The van der Waals surface area contributed by atoms with Crippen LogP contribution in [0.1, 0.15) is 25.7 Å². The topological polar surface area (TPSA) is 55.1 Å². The Labute approximate surface area is 66.3 Å². The van der Waals surface area contributed by atoms with E-state index in [1.54, 1.807) is 0 Å². The molecule has 0 aromatic rings. The molecular weight excluding hydrogens is 140 g/mol. The van der Waals surface area contributed by atoms with Gasteiger partial charge in [0.2, 0.25) is 5.91 Å². The van der Waals surface area contributed by atoms with Gasteiger partial charge in [-0.15, -0.1) is 0 Å². The highest BCUT2D eigenvalue weighted by Crippen LogP contribution is 2.34. The van der Waals surface area contributed by atoms with E-state index in [1.807, 2.05) is 0 Å². The maximum absolute atomic E-state index is 10.8. The predicted molar refractivity (Wildman–Crippen MR) is 41.9 cm³/mol. The molecule has 3 N–H and O–H groups in total. The van der Waals surface area contributed by atoms with Crippen molar-refractivity contribution in [3.8, 4) is 0 Å². The van der Waals surface area contributed by atoms with Gasteiger partial charge in [0.05, 0.1) is 0 Å². The van der Waals surface area contributed by atoms with Gasteiger partial charge in [-0.3, -0.25) is 4.79 Å². The summed E-state index contributed by atoms with van der Waals surface area (Å²) in [5.74, 6) is 0.865. The molecule has 1 aliphatic carbocycles. The van der Waals surface area contributed by atoms with Crippen LogP contribution < -0.4 is 11.1 Å². The Morgan fingerprint density at radius 3 is 2.64 bits per heavy atom. The van der Waals surface area contributed by atoms with Crippen LogP contribution in [0, 0.1) is 5.92 Å². The van der Waals surface area contributed by atoms with Gasteiger partial charge in [-0.2, -0.15) is 0 Å². The van der Waals surface area contributed by atoms with Crippen molar-refractivity contribution >= 4 is 5.91 Å². The van der Waals surface area contributed by atoms with E-state index < -0.39 is 0 Å². The van der Waals surface area contributed by atoms with E-state index in [2.05, 4.69) is 5.32 Å². The number of rotatable bonds is 2. The summed E-state index contributed by atoms with van der Waals surface area (Å²) in [6, 6.07) is 0.497. The van der Waals surface area contributed by atoms with Crippen LogP contribution in [0.2, 0.25) is 0 Å². The SMILES string of the molecule is NC(C1CC1)C1CCC(=O)N1. The van der Waals surface area contributed by atoms with Crippen molar-refractivity contribution in [3.05, 3.63) is 0 Å². The third-order valence-corrected chi connectivity index (χ3v) is 2.66. The lowest BCUT2D eigenvalue weighted by Crippen LogP contribution is -2.43. The monoisotopic (exact) mass is 154 g/mol. The second kappa shape index (κ2) is 2.48. The number of hydrogen-bond donors (Lipinski definition) is 2. The maximum atomic E-state index is 10.8. The fourth-order valence-electron chi connectivity index (χ4n) is 1.74. The third kappa shape index (κ3) is 1.38. The van der Waals surface area contributed by atoms with Crippen molar-refractivity contribution in [2.45, 2.75) is 37.8 Å². The summed E-state index contributed by atoms with van der Waals surface area (Å²) in [6.45, 7) is 0. The molecule has 1 saturated carbocycles. The first-order valence-electron chi connectivity index (χ1n) is 4.32. The molecule has 1 amide bonds. The van der Waals surface area contributed by atoms with E-state index in [0.29, 0.717) is 12.3 Å². The largest absolute Gasteiger partial charge is 0.352 e. The Morgan fingerprint density at radius 2 is 2.18 bits per heavy atom. The molecular formula is C8H14N2O. The number of amides is 1. The lowest BCUT2D eigenvalue weighted by atomic mass is 10.0. The quantitative estimate of drug-likeness (QED) is 0.588. The number of carbonyl (C=O) groups excluding carboxylic acids is 1. The summed E-state index contributed by atoms with van der Waals surface area (Å²) in [4.78, 5) is 10.8. The van der Waals surface area contributed by atoms with Gasteiger partial charge >= 0.3 is 0 Å². The normalized spacial score (nSPS) is 33.5.